The molecule has 2 N–H and O–H groups in total. The molecule has 6 rings (SSSR count). The predicted molar refractivity (Wildman–Crippen MR) is 138 cm³/mol. The molecule has 37 heavy (non-hydrogen) atoms. The quantitative estimate of drug-likeness (QED) is 0.517. The highest BCUT2D eigenvalue weighted by Gasteiger charge is 2.51. The molecule has 0 spiro atoms. The Morgan fingerprint density at radius 3 is 2.86 bits per heavy atom. The van der Waals surface area contributed by atoms with Crippen LogP contribution in [0.4, 0.5) is 31.9 Å². The highest BCUT2D eigenvalue weighted by molar-refractivity contribution is 6.32. The number of hydrogen-bond donors (Lipinski definition) is 2. The molecular formula is C25H27ClF2N6O3. The van der Waals surface area contributed by atoms with Crippen LogP contribution in [0.3, 0.4) is 0 Å². The van der Waals surface area contributed by atoms with Crippen molar-refractivity contribution in [1.29, 1.82) is 0 Å². The molecule has 1 saturated carbocycles. The van der Waals surface area contributed by atoms with Crippen molar-refractivity contribution in [2.75, 3.05) is 41.8 Å². The van der Waals surface area contributed by atoms with Gasteiger partial charge in [-0.05, 0) is 43.9 Å². The lowest BCUT2D eigenvalue weighted by Crippen LogP contribution is -2.44. The Hall–Kier alpha value is -3.18. The van der Waals surface area contributed by atoms with Gasteiger partial charge >= 0.3 is 5.92 Å². The lowest BCUT2D eigenvalue weighted by Gasteiger charge is -2.31. The van der Waals surface area contributed by atoms with Crippen molar-refractivity contribution in [2.45, 2.75) is 37.8 Å². The van der Waals surface area contributed by atoms with Crippen molar-refractivity contribution in [3.63, 3.8) is 0 Å². The van der Waals surface area contributed by atoms with Gasteiger partial charge in [-0.15, -0.1) is 0 Å². The molecule has 1 aromatic carbocycles. The SMILES string of the molecule is C[C@@H]1CN(c2ncc(Cl)c(Nc3ccc4c(c3)c3c(c(=O)n4C)OCC(F)(F)[C@H](C4CC4)N3)n2)CCO1. The van der Waals surface area contributed by atoms with E-state index >= 15 is 0 Å². The zero-order valence-electron chi connectivity index (χ0n) is 20.4. The smallest absolute Gasteiger partial charge is 0.301 e. The van der Waals surface area contributed by atoms with Crippen LogP contribution in [0.2, 0.25) is 5.02 Å². The lowest BCUT2D eigenvalue weighted by atomic mass is 10.0. The highest BCUT2D eigenvalue weighted by atomic mass is 35.5. The van der Waals surface area contributed by atoms with E-state index in [2.05, 4.69) is 20.6 Å². The fourth-order valence-electron chi connectivity index (χ4n) is 5.02. The second-order valence-electron chi connectivity index (χ2n) is 9.93. The summed E-state index contributed by atoms with van der Waals surface area (Å²) < 4.78 is 42.2. The molecule has 0 radical (unpaired) electrons. The number of hydrogen-bond acceptors (Lipinski definition) is 8. The average Bonchev–Trinajstić information content (AvgIpc) is 3.71. The number of nitrogens with one attached hydrogen (secondary N) is 2. The minimum Gasteiger partial charge on any atom is -0.480 e. The zero-order valence-corrected chi connectivity index (χ0v) is 21.2. The molecule has 9 nitrogen and oxygen atoms in total. The molecule has 196 valence electrons. The molecule has 2 fully saturated rings. The Morgan fingerprint density at radius 1 is 1.30 bits per heavy atom. The number of anilines is 4. The van der Waals surface area contributed by atoms with E-state index in [0.29, 0.717) is 65.9 Å². The van der Waals surface area contributed by atoms with Crippen LogP contribution in [0, 0.1) is 5.92 Å². The minimum atomic E-state index is -3.10. The molecule has 4 heterocycles. The summed E-state index contributed by atoms with van der Waals surface area (Å²) in [5.41, 5.74) is 1.02. The number of benzene rings is 1. The summed E-state index contributed by atoms with van der Waals surface area (Å²) in [6.45, 7) is 3.07. The maximum Gasteiger partial charge on any atom is 0.301 e. The van der Waals surface area contributed by atoms with Crippen LogP contribution in [0.1, 0.15) is 19.8 Å². The second kappa shape index (κ2) is 8.98. The number of nitrogens with zero attached hydrogens (tertiary/aromatic N) is 4. The minimum absolute atomic E-state index is 0.0633. The van der Waals surface area contributed by atoms with E-state index in [4.69, 9.17) is 21.1 Å². The summed E-state index contributed by atoms with van der Waals surface area (Å²) in [4.78, 5) is 24.0. The first-order valence-corrected chi connectivity index (χ1v) is 12.7. The molecule has 0 amide bonds. The standard InChI is InChI=1S/C25H27ClF2N6O3/c1-13-11-34(7-8-36-13)24-29-10-17(26)22(32-24)30-15-5-6-18-16(9-15)19-20(23(35)33(18)2)37-12-25(27,28)21(31-19)14-3-4-14/h5-6,9-10,13-14,21,31H,3-4,7-8,11-12H2,1-2H3,(H,29,30,32)/t13-,21+/m1/s1. The van der Waals surface area contributed by atoms with Gasteiger partial charge in [-0.3, -0.25) is 4.79 Å². The number of aryl methyl sites for hydroxylation is 1. The Morgan fingerprint density at radius 2 is 2.11 bits per heavy atom. The van der Waals surface area contributed by atoms with Crippen LogP contribution in [0.5, 0.6) is 5.75 Å². The molecule has 3 aliphatic rings. The van der Waals surface area contributed by atoms with Crippen LogP contribution in [-0.2, 0) is 11.8 Å². The topological polar surface area (TPSA) is 93.5 Å². The summed E-state index contributed by atoms with van der Waals surface area (Å²) >= 11 is 6.42. The molecule has 2 aromatic heterocycles. The van der Waals surface area contributed by atoms with E-state index in [1.165, 1.54) is 4.57 Å². The van der Waals surface area contributed by atoms with Crippen molar-refractivity contribution in [3.8, 4) is 5.75 Å². The fourth-order valence-corrected chi connectivity index (χ4v) is 5.16. The molecule has 2 aliphatic heterocycles. The molecule has 1 saturated heterocycles. The first-order chi connectivity index (χ1) is 17.7. The Bertz CT molecular complexity index is 1430. The Labute approximate surface area is 216 Å². The van der Waals surface area contributed by atoms with Gasteiger partial charge in [-0.25, -0.2) is 13.8 Å². The molecular weight excluding hydrogens is 506 g/mol. The summed E-state index contributed by atoms with van der Waals surface area (Å²) in [5, 5.41) is 7.14. The third-order valence-corrected chi connectivity index (χ3v) is 7.41. The summed E-state index contributed by atoms with van der Waals surface area (Å²) in [5.74, 6) is -2.42. The van der Waals surface area contributed by atoms with Crippen molar-refractivity contribution >= 4 is 45.6 Å². The van der Waals surface area contributed by atoms with Crippen molar-refractivity contribution in [2.24, 2.45) is 13.0 Å². The monoisotopic (exact) mass is 532 g/mol. The fraction of sp³-hybridized carbons (Fsp3) is 0.480. The second-order valence-corrected chi connectivity index (χ2v) is 10.3. The summed E-state index contributed by atoms with van der Waals surface area (Å²) in [6.07, 6.45) is 3.04. The van der Waals surface area contributed by atoms with E-state index in [1.54, 1.807) is 31.4 Å². The number of aromatic nitrogens is 3. The lowest BCUT2D eigenvalue weighted by molar-refractivity contribution is -0.0579. The number of ether oxygens (including phenoxy) is 2. The normalized spacial score (nSPS) is 23.1. The molecule has 1 aliphatic carbocycles. The summed E-state index contributed by atoms with van der Waals surface area (Å²) in [7, 11) is 1.60. The van der Waals surface area contributed by atoms with Gasteiger partial charge in [-0.2, -0.15) is 4.98 Å². The van der Waals surface area contributed by atoms with Crippen LogP contribution < -0.4 is 25.8 Å². The van der Waals surface area contributed by atoms with Crippen LogP contribution in [0.15, 0.2) is 29.2 Å². The Balaban J connectivity index is 1.39. The number of alkyl halides is 2. The molecule has 0 unspecified atom stereocenters. The van der Waals surface area contributed by atoms with E-state index in [9.17, 15) is 13.6 Å². The average molecular weight is 533 g/mol. The predicted octanol–water partition coefficient (Wildman–Crippen LogP) is 4.17. The van der Waals surface area contributed by atoms with Gasteiger partial charge in [0.2, 0.25) is 11.7 Å². The van der Waals surface area contributed by atoms with Gasteiger partial charge in [0, 0.05) is 31.2 Å². The molecule has 3 aromatic rings. The maximum absolute atomic E-state index is 14.9. The van der Waals surface area contributed by atoms with Crippen molar-refractivity contribution in [3.05, 3.63) is 39.8 Å². The molecule has 2 atom stereocenters. The molecule has 0 bridgehead atoms. The van der Waals surface area contributed by atoms with Crippen molar-refractivity contribution < 1.29 is 18.3 Å². The van der Waals surface area contributed by atoms with Gasteiger partial charge in [0.15, 0.2) is 12.4 Å². The Kier molecular flexibility index (Phi) is 5.87. The third kappa shape index (κ3) is 4.44. The number of pyridine rings is 1. The highest BCUT2D eigenvalue weighted by Crippen LogP contribution is 2.45. The zero-order chi connectivity index (χ0) is 25.9. The van der Waals surface area contributed by atoms with Crippen LogP contribution >= 0.6 is 11.6 Å². The first kappa shape index (κ1) is 24.2. The molecule has 12 heteroatoms. The number of rotatable bonds is 4. The van der Waals surface area contributed by atoms with Crippen molar-refractivity contribution in [1.82, 2.24) is 14.5 Å². The van der Waals surface area contributed by atoms with Gasteiger partial charge < -0.3 is 29.6 Å². The van der Waals surface area contributed by atoms with Crippen LogP contribution in [0.25, 0.3) is 10.9 Å². The van der Waals surface area contributed by atoms with E-state index < -0.39 is 24.1 Å². The van der Waals surface area contributed by atoms with Gasteiger partial charge in [0.1, 0.15) is 5.02 Å². The van der Waals surface area contributed by atoms with Gasteiger partial charge in [0.05, 0.1) is 36.2 Å². The van der Waals surface area contributed by atoms with Gasteiger partial charge in [0.25, 0.3) is 5.56 Å². The van der Waals surface area contributed by atoms with Crippen LogP contribution in [-0.4, -0.2) is 58.9 Å². The number of morpholine rings is 1. The maximum atomic E-state index is 14.9. The summed E-state index contributed by atoms with van der Waals surface area (Å²) in [6, 6.07) is 4.23. The van der Waals surface area contributed by atoms with E-state index in [1.807, 2.05) is 11.8 Å². The number of halogens is 3. The first-order valence-electron chi connectivity index (χ1n) is 12.3. The van der Waals surface area contributed by atoms with Gasteiger partial charge in [-0.1, -0.05) is 11.6 Å². The van der Waals surface area contributed by atoms with E-state index in [0.717, 1.165) is 0 Å². The van der Waals surface area contributed by atoms with E-state index in [-0.39, 0.29) is 23.5 Å². The third-order valence-electron chi connectivity index (χ3n) is 7.13. The largest absolute Gasteiger partial charge is 0.480 e. The number of fused-ring (bicyclic) bond motifs is 3.